The quantitative estimate of drug-likeness (QED) is 0.651. The Morgan fingerprint density at radius 1 is 1.43 bits per heavy atom. The fourth-order valence-electron chi connectivity index (χ4n) is 1.87. The van der Waals surface area contributed by atoms with E-state index < -0.39 is 5.60 Å². The molecule has 0 amide bonds. The van der Waals surface area contributed by atoms with Crippen LogP contribution in [0.5, 0.6) is 0 Å². The third kappa shape index (κ3) is 2.25. The highest BCUT2D eigenvalue weighted by Crippen LogP contribution is 2.39. The molecule has 0 spiro atoms. The molecule has 4 heteroatoms. The molecule has 1 aliphatic heterocycles. The second kappa shape index (κ2) is 4.14. The van der Waals surface area contributed by atoms with Gasteiger partial charge in [-0.05, 0) is 25.2 Å². The molecule has 0 bridgehead atoms. The lowest BCUT2D eigenvalue weighted by molar-refractivity contribution is -0.0800. The number of aliphatic hydroxyl groups is 1. The van der Waals surface area contributed by atoms with Gasteiger partial charge in [0.05, 0.1) is 19.3 Å². The smallest absolute Gasteiger partial charge is 0.103 e. The monoisotopic (exact) mass is 201 g/mol. The third-order valence-corrected chi connectivity index (χ3v) is 3.15. The Kier molecular flexibility index (Phi) is 3.07. The molecular weight excluding hydrogens is 182 g/mol. The Morgan fingerprint density at radius 2 is 2.21 bits per heavy atom. The van der Waals surface area contributed by atoms with Gasteiger partial charge in [0, 0.05) is 13.2 Å². The van der Waals surface area contributed by atoms with Crippen LogP contribution in [0, 0.1) is 5.92 Å². The van der Waals surface area contributed by atoms with Crippen LogP contribution in [0.15, 0.2) is 0 Å². The van der Waals surface area contributed by atoms with Crippen molar-refractivity contribution in [1.82, 2.24) is 0 Å². The summed E-state index contributed by atoms with van der Waals surface area (Å²) < 4.78 is 10.8. The van der Waals surface area contributed by atoms with Crippen LogP contribution in [0.3, 0.4) is 0 Å². The van der Waals surface area contributed by atoms with E-state index in [2.05, 4.69) is 0 Å². The molecule has 2 fully saturated rings. The Labute approximate surface area is 84.4 Å². The predicted molar refractivity (Wildman–Crippen MR) is 51.9 cm³/mol. The zero-order valence-electron chi connectivity index (χ0n) is 8.45. The van der Waals surface area contributed by atoms with Crippen LogP contribution in [0.1, 0.15) is 19.3 Å². The number of rotatable bonds is 5. The molecule has 0 radical (unpaired) electrons. The van der Waals surface area contributed by atoms with Gasteiger partial charge in [-0.3, -0.25) is 0 Å². The van der Waals surface area contributed by atoms with Gasteiger partial charge in [0.15, 0.2) is 0 Å². The summed E-state index contributed by atoms with van der Waals surface area (Å²) >= 11 is 0. The summed E-state index contributed by atoms with van der Waals surface area (Å²) in [4.78, 5) is 0. The van der Waals surface area contributed by atoms with Crippen molar-refractivity contribution in [3.05, 3.63) is 0 Å². The van der Waals surface area contributed by atoms with E-state index in [1.54, 1.807) is 0 Å². The summed E-state index contributed by atoms with van der Waals surface area (Å²) in [5, 5.41) is 10.1. The van der Waals surface area contributed by atoms with Crippen LogP contribution >= 0.6 is 0 Å². The van der Waals surface area contributed by atoms with E-state index in [-0.39, 0.29) is 6.10 Å². The fraction of sp³-hybridized carbons (Fsp3) is 1.00. The van der Waals surface area contributed by atoms with Crippen molar-refractivity contribution in [2.24, 2.45) is 11.7 Å². The molecule has 2 rings (SSSR count). The SMILES string of the molecule is NCC(O)(COC1CCOC1)C1CC1. The predicted octanol–water partition coefficient (Wildman–Crippen LogP) is -0.108. The van der Waals surface area contributed by atoms with Gasteiger partial charge >= 0.3 is 0 Å². The number of hydrogen-bond acceptors (Lipinski definition) is 4. The molecule has 0 aromatic carbocycles. The zero-order chi connectivity index (χ0) is 10.0. The van der Waals surface area contributed by atoms with E-state index in [0.29, 0.717) is 25.7 Å². The van der Waals surface area contributed by atoms with Gasteiger partial charge in [-0.15, -0.1) is 0 Å². The summed E-state index contributed by atoms with van der Waals surface area (Å²) in [6.45, 7) is 2.09. The van der Waals surface area contributed by atoms with Crippen molar-refractivity contribution in [3.8, 4) is 0 Å². The summed E-state index contributed by atoms with van der Waals surface area (Å²) in [5.74, 6) is 0.356. The Hall–Kier alpha value is -0.160. The largest absolute Gasteiger partial charge is 0.386 e. The van der Waals surface area contributed by atoms with Gasteiger partial charge in [0.25, 0.3) is 0 Å². The number of hydrogen-bond donors (Lipinski definition) is 2. The van der Waals surface area contributed by atoms with Crippen LogP contribution < -0.4 is 5.73 Å². The highest BCUT2D eigenvalue weighted by atomic mass is 16.5. The molecule has 3 N–H and O–H groups in total. The minimum Gasteiger partial charge on any atom is -0.386 e. The Balaban J connectivity index is 1.76. The molecular formula is C10H19NO3. The second-order valence-corrected chi connectivity index (χ2v) is 4.38. The van der Waals surface area contributed by atoms with Crippen molar-refractivity contribution in [1.29, 1.82) is 0 Å². The molecule has 14 heavy (non-hydrogen) atoms. The highest BCUT2D eigenvalue weighted by Gasteiger charge is 2.43. The first-order valence-electron chi connectivity index (χ1n) is 5.36. The molecule has 1 saturated carbocycles. The highest BCUT2D eigenvalue weighted by molar-refractivity contribution is 4.95. The first-order valence-corrected chi connectivity index (χ1v) is 5.36. The van der Waals surface area contributed by atoms with Crippen LogP contribution in [-0.2, 0) is 9.47 Å². The lowest BCUT2D eigenvalue weighted by Crippen LogP contribution is -2.45. The maximum absolute atomic E-state index is 10.1. The van der Waals surface area contributed by atoms with Crippen molar-refractivity contribution in [2.75, 3.05) is 26.4 Å². The summed E-state index contributed by atoms with van der Waals surface area (Å²) in [7, 11) is 0. The van der Waals surface area contributed by atoms with Gasteiger partial charge in [-0.1, -0.05) is 0 Å². The van der Waals surface area contributed by atoms with E-state index in [0.717, 1.165) is 25.9 Å². The van der Waals surface area contributed by atoms with E-state index >= 15 is 0 Å². The van der Waals surface area contributed by atoms with Crippen LogP contribution in [-0.4, -0.2) is 43.2 Å². The molecule has 82 valence electrons. The molecule has 1 aliphatic carbocycles. The lowest BCUT2D eigenvalue weighted by Gasteiger charge is -2.27. The summed E-state index contributed by atoms with van der Waals surface area (Å²) in [5.41, 5.74) is 4.78. The maximum atomic E-state index is 10.1. The molecule has 1 heterocycles. The van der Waals surface area contributed by atoms with Gasteiger partial charge in [0.2, 0.25) is 0 Å². The Morgan fingerprint density at radius 3 is 2.71 bits per heavy atom. The topological polar surface area (TPSA) is 64.7 Å². The molecule has 4 nitrogen and oxygen atoms in total. The van der Waals surface area contributed by atoms with E-state index in [9.17, 15) is 5.11 Å². The summed E-state index contributed by atoms with van der Waals surface area (Å²) in [6, 6.07) is 0. The zero-order valence-corrected chi connectivity index (χ0v) is 8.45. The van der Waals surface area contributed by atoms with E-state index in [1.807, 2.05) is 0 Å². The van der Waals surface area contributed by atoms with Crippen molar-refractivity contribution in [3.63, 3.8) is 0 Å². The fourth-order valence-corrected chi connectivity index (χ4v) is 1.87. The van der Waals surface area contributed by atoms with Gasteiger partial charge in [0.1, 0.15) is 5.60 Å². The maximum Gasteiger partial charge on any atom is 0.103 e. The van der Waals surface area contributed by atoms with Gasteiger partial charge < -0.3 is 20.3 Å². The van der Waals surface area contributed by atoms with E-state index in [1.165, 1.54) is 0 Å². The van der Waals surface area contributed by atoms with Gasteiger partial charge in [-0.25, -0.2) is 0 Å². The van der Waals surface area contributed by atoms with Gasteiger partial charge in [-0.2, -0.15) is 0 Å². The first-order chi connectivity index (χ1) is 6.74. The van der Waals surface area contributed by atoms with Crippen molar-refractivity contribution >= 4 is 0 Å². The van der Waals surface area contributed by atoms with Crippen molar-refractivity contribution in [2.45, 2.75) is 31.0 Å². The average molecular weight is 201 g/mol. The Bertz CT molecular complexity index is 190. The van der Waals surface area contributed by atoms with Crippen LogP contribution in [0.2, 0.25) is 0 Å². The molecule has 0 aromatic heterocycles. The molecule has 2 atom stereocenters. The minimum atomic E-state index is -0.789. The molecule has 2 unspecified atom stereocenters. The van der Waals surface area contributed by atoms with Crippen LogP contribution in [0.25, 0.3) is 0 Å². The first kappa shape index (κ1) is 10.4. The summed E-state index contributed by atoms with van der Waals surface area (Å²) in [6.07, 6.45) is 3.26. The van der Waals surface area contributed by atoms with Crippen LogP contribution in [0.4, 0.5) is 0 Å². The van der Waals surface area contributed by atoms with E-state index in [4.69, 9.17) is 15.2 Å². The number of ether oxygens (including phenoxy) is 2. The second-order valence-electron chi connectivity index (χ2n) is 4.38. The molecule has 1 saturated heterocycles. The standard InChI is InChI=1S/C10H19NO3/c11-6-10(12,8-1-2-8)7-14-9-3-4-13-5-9/h8-9,12H,1-7,11H2. The number of nitrogens with two attached hydrogens (primary N) is 1. The minimum absolute atomic E-state index is 0.159. The third-order valence-electron chi connectivity index (χ3n) is 3.15. The average Bonchev–Trinajstić information content (AvgIpc) is 2.94. The normalized spacial score (nSPS) is 31.7. The lowest BCUT2D eigenvalue weighted by atomic mass is 9.99. The molecule has 2 aliphatic rings. The molecule has 0 aromatic rings. The van der Waals surface area contributed by atoms with Crippen molar-refractivity contribution < 1.29 is 14.6 Å².